The molecule has 0 spiro atoms. The van der Waals surface area contributed by atoms with Crippen LogP contribution in [0.3, 0.4) is 0 Å². The van der Waals surface area contributed by atoms with Crippen LogP contribution in [-0.4, -0.2) is 13.3 Å². The molecular weight excluding hydrogens is 234 g/mol. The van der Waals surface area contributed by atoms with Crippen LogP contribution in [0.25, 0.3) is 0 Å². The molecule has 13 heavy (non-hydrogen) atoms. The van der Waals surface area contributed by atoms with Crippen molar-refractivity contribution in [3.8, 4) is 0 Å². The maximum atomic E-state index is 8.44. The van der Waals surface area contributed by atoms with Crippen LogP contribution in [0.4, 0.5) is 0 Å². The summed E-state index contributed by atoms with van der Waals surface area (Å²) in [5, 5.41) is 0.794. The molecule has 0 atom stereocenters. The number of benzene rings is 1. The van der Waals surface area contributed by atoms with Gasteiger partial charge in [0.1, 0.15) is 0 Å². The van der Waals surface area contributed by atoms with Crippen molar-refractivity contribution in [2.75, 3.05) is 0 Å². The Morgan fingerprint density at radius 2 is 1.38 bits per heavy atom. The molecule has 1 aromatic carbocycles. The third kappa shape index (κ3) is 19.8. The second kappa shape index (κ2) is 13.6. The fourth-order valence-electron chi connectivity index (χ4n) is 0.415. The topological polar surface area (TPSA) is 63.2 Å². The first-order valence-corrected chi connectivity index (χ1v) is 3.98. The number of hydrogen-bond acceptors (Lipinski definition) is 3. The molecule has 0 saturated carbocycles. The Morgan fingerprint density at radius 3 is 1.54 bits per heavy atom. The predicted molar refractivity (Wildman–Crippen MR) is 41.1 cm³/mol. The summed E-state index contributed by atoms with van der Waals surface area (Å²) < 4.78 is 25.3. The van der Waals surface area contributed by atoms with Gasteiger partial charge in [-0.15, -0.1) is 11.4 Å². The van der Waals surface area contributed by atoms with Gasteiger partial charge < -0.3 is 9.11 Å². The Balaban J connectivity index is -0.000000150. The Labute approximate surface area is 129 Å². The summed E-state index contributed by atoms with van der Waals surface area (Å²) in [6.45, 7) is 0. The summed E-state index contributed by atoms with van der Waals surface area (Å²) in [6, 6.07) is 9.44. The van der Waals surface area contributed by atoms with Gasteiger partial charge >= 0.3 is 59.1 Å². The Hall–Kier alpha value is 1.58. The first kappa shape index (κ1) is 20.1. The summed E-state index contributed by atoms with van der Waals surface area (Å²) in [5.41, 5.74) is 0. The molecule has 0 fully saturated rings. The van der Waals surface area contributed by atoms with E-state index in [1.165, 1.54) is 0 Å². The van der Waals surface area contributed by atoms with Gasteiger partial charge in [0.15, 0.2) is 0 Å². The van der Waals surface area contributed by atoms with Gasteiger partial charge in [-0.1, -0.05) is 29.8 Å². The maximum Gasteiger partial charge on any atom is 1.00 e. The Morgan fingerprint density at radius 1 is 1.08 bits per heavy atom. The van der Waals surface area contributed by atoms with Crippen LogP contribution in [0, 0.1) is 0 Å². The van der Waals surface area contributed by atoms with Crippen LogP contribution >= 0.6 is 11.6 Å². The SMILES string of the molecule is Clc1ccccc1.O=S([O-])[O-].[Na+].[Na+]. The van der Waals surface area contributed by atoms with Crippen LogP contribution < -0.4 is 59.1 Å². The molecule has 0 aliphatic rings. The molecule has 0 unspecified atom stereocenters. The number of halogens is 1. The Bertz CT molecular complexity index is 218. The minimum Gasteiger partial charge on any atom is -0.784 e. The molecule has 1 rings (SSSR count). The molecule has 7 heteroatoms. The van der Waals surface area contributed by atoms with Gasteiger partial charge in [-0.3, -0.25) is 4.21 Å². The van der Waals surface area contributed by atoms with Crippen LogP contribution in [0.1, 0.15) is 0 Å². The number of rotatable bonds is 0. The fourth-order valence-corrected chi connectivity index (χ4v) is 0.560. The van der Waals surface area contributed by atoms with Crippen molar-refractivity contribution >= 4 is 23.0 Å². The normalized spacial score (nSPS) is 7.38. The van der Waals surface area contributed by atoms with E-state index in [-0.39, 0.29) is 59.1 Å². The van der Waals surface area contributed by atoms with E-state index in [2.05, 4.69) is 0 Å². The van der Waals surface area contributed by atoms with Crippen molar-refractivity contribution in [1.29, 1.82) is 0 Å². The second-order valence-corrected chi connectivity index (χ2v) is 2.34. The molecule has 0 N–H and O–H groups in total. The first-order valence-electron chi connectivity index (χ1n) is 2.60. The van der Waals surface area contributed by atoms with E-state index in [9.17, 15) is 0 Å². The van der Waals surface area contributed by atoms with E-state index in [0.29, 0.717) is 0 Å². The van der Waals surface area contributed by atoms with Crippen molar-refractivity contribution < 1.29 is 72.4 Å². The van der Waals surface area contributed by atoms with E-state index in [1.807, 2.05) is 30.3 Å². The average Bonchev–Trinajstić information content (AvgIpc) is 1.87. The molecule has 1 aromatic rings. The third-order valence-corrected chi connectivity index (χ3v) is 0.985. The van der Waals surface area contributed by atoms with Gasteiger partial charge in [0.05, 0.1) is 0 Å². The zero-order chi connectivity index (χ0) is 8.69. The zero-order valence-corrected chi connectivity index (χ0v) is 13.0. The minimum absolute atomic E-state index is 0. The largest absolute Gasteiger partial charge is 1.00 e. The van der Waals surface area contributed by atoms with E-state index < -0.39 is 11.4 Å². The molecule has 0 aliphatic heterocycles. The van der Waals surface area contributed by atoms with Crippen molar-refractivity contribution in [2.45, 2.75) is 0 Å². The standard InChI is InChI=1S/C6H5Cl.2Na.H2O3S/c7-6-4-2-1-3-5-6;;;1-4(2)3/h1-5H;;;(H2,1,2,3)/q;2*+1;/p-2. The number of hydrogen-bond donors (Lipinski definition) is 0. The third-order valence-electron chi connectivity index (χ3n) is 0.733. The summed E-state index contributed by atoms with van der Waals surface area (Å²) >= 11 is 2.43. The molecule has 0 heterocycles. The second-order valence-electron chi connectivity index (χ2n) is 1.50. The van der Waals surface area contributed by atoms with Gasteiger partial charge in [0, 0.05) is 5.02 Å². The summed E-state index contributed by atoms with van der Waals surface area (Å²) in [4.78, 5) is 0. The molecular formula is C6H5ClNa2O3S. The summed E-state index contributed by atoms with van der Waals surface area (Å²) in [7, 11) is 0. The zero-order valence-electron chi connectivity index (χ0n) is 7.40. The minimum atomic E-state index is -3.11. The van der Waals surface area contributed by atoms with Crippen molar-refractivity contribution in [2.24, 2.45) is 0 Å². The van der Waals surface area contributed by atoms with Crippen molar-refractivity contribution in [3.05, 3.63) is 35.4 Å². The smallest absolute Gasteiger partial charge is 0.784 e. The van der Waals surface area contributed by atoms with Crippen molar-refractivity contribution in [3.63, 3.8) is 0 Å². The molecule has 0 radical (unpaired) electrons. The van der Waals surface area contributed by atoms with Gasteiger partial charge in [-0.05, 0) is 12.1 Å². The first-order chi connectivity index (χ1) is 5.13. The van der Waals surface area contributed by atoms with Crippen LogP contribution in [0.2, 0.25) is 5.02 Å². The fraction of sp³-hybridized carbons (Fsp3) is 0. The predicted octanol–water partition coefficient (Wildman–Crippen LogP) is -4.66. The van der Waals surface area contributed by atoms with E-state index >= 15 is 0 Å². The van der Waals surface area contributed by atoms with Gasteiger partial charge in [0.25, 0.3) is 0 Å². The molecule has 0 aromatic heterocycles. The van der Waals surface area contributed by atoms with Crippen LogP contribution in [0.5, 0.6) is 0 Å². The van der Waals surface area contributed by atoms with E-state index in [0.717, 1.165) is 5.02 Å². The van der Waals surface area contributed by atoms with Crippen molar-refractivity contribution in [1.82, 2.24) is 0 Å². The molecule has 62 valence electrons. The molecule has 0 amide bonds. The maximum absolute atomic E-state index is 8.44. The van der Waals surface area contributed by atoms with Gasteiger partial charge in [-0.2, -0.15) is 0 Å². The molecule has 0 bridgehead atoms. The van der Waals surface area contributed by atoms with Crippen LogP contribution in [0.15, 0.2) is 30.3 Å². The molecule has 3 nitrogen and oxygen atoms in total. The van der Waals surface area contributed by atoms with Gasteiger partial charge in [-0.25, -0.2) is 0 Å². The van der Waals surface area contributed by atoms with Gasteiger partial charge in [0.2, 0.25) is 0 Å². The van der Waals surface area contributed by atoms with E-state index in [4.69, 9.17) is 24.9 Å². The summed E-state index contributed by atoms with van der Waals surface area (Å²) in [5.74, 6) is 0. The average molecular weight is 239 g/mol. The summed E-state index contributed by atoms with van der Waals surface area (Å²) in [6.07, 6.45) is 0. The Kier molecular flexibility index (Phi) is 20.9. The monoisotopic (exact) mass is 238 g/mol. The van der Waals surface area contributed by atoms with Crippen LogP contribution in [-0.2, 0) is 11.4 Å². The van der Waals surface area contributed by atoms with E-state index in [1.54, 1.807) is 0 Å². The molecule has 0 saturated heterocycles. The quantitative estimate of drug-likeness (QED) is 0.337. The molecule has 0 aliphatic carbocycles.